The topological polar surface area (TPSA) is 3.24 Å². The predicted molar refractivity (Wildman–Crippen MR) is 47.7 cm³/mol. The van der Waals surface area contributed by atoms with Gasteiger partial charge in [-0.1, -0.05) is 12.8 Å². The third-order valence-corrected chi connectivity index (χ3v) is 1.76. The van der Waals surface area contributed by atoms with Crippen LogP contribution in [0, 0.1) is 0 Å². The average Bonchev–Trinajstić information content (AvgIpc) is 1.87. The van der Waals surface area contributed by atoms with Gasteiger partial charge in [0.2, 0.25) is 0 Å². The molecule has 0 bridgehead atoms. The average molecular weight is 164 g/mol. The van der Waals surface area contributed by atoms with Gasteiger partial charge >= 0.3 is 0 Å². The maximum atomic E-state index is 5.53. The zero-order chi connectivity index (χ0) is 7.82. The Kier molecular flexibility index (Phi) is 7.54. The van der Waals surface area contributed by atoms with Gasteiger partial charge in [-0.3, -0.25) is 0 Å². The van der Waals surface area contributed by atoms with Crippen molar-refractivity contribution in [3.05, 3.63) is 0 Å². The Labute approximate surface area is 69.4 Å². The first kappa shape index (κ1) is 10.2. The molecule has 0 aromatic carbocycles. The lowest BCUT2D eigenvalue weighted by molar-refractivity contribution is 0.391. The normalized spacial score (nSPS) is 10.8. The minimum atomic E-state index is 0.821. The number of nitrogens with zero attached hydrogens (tertiary/aromatic N) is 1. The SMILES string of the molecule is CN(C)CCCCCCCl. The quantitative estimate of drug-likeness (QED) is 0.429. The van der Waals surface area contributed by atoms with Crippen molar-refractivity contribution in [3.8, 4) is 0 Å². The number of unbranched alkanes of at least 4 members (excludes halogenated alkanes) is 3. The fourth-order valence-electron chi connectivity index (χ4n) is 0.876. The molecule has 1 nitrogen and oxygen atoms in total. The van der Waals surface area contributed by atoms with Gasteiger partial charge in [0.25, 0.3) is 0 Å². The highest BCUT2D eigenvalue weighted by Crippen LogP contribution is 2.00. The summed E-state index contributed by atoms with van der Waals surface area (Å²) in [7, 11) is 4.23. The number of hydrogen-bond donors (Lipinski definition) is 0. The van der Waals surface area contributed by atoms with Crippen LogP contribution in [-0.4, -0.2) is 31.4 Å². The molecule has 0 saturated heterocycles. The summed E-state index contributed by atoms with van der Waals surface area (Å²) in [6.07, 6.45) is 5.10. The lowest BCUT2D eigenvalue weighted by atomic mass is 10.2. The molecule has 0 aliphatic rings. The standard InChI is InChI=1S/C8H18ClN/c1-10(2)8-6-4-3-5-7-9/h3-8H2,1-2H3. The molecule has 0 rings (SSSR count). The fourth-order valence-corrected chi connectivity index (χ4v) is 1.07. The van der Waals surface area contributed by atoms with Crippen LogP contribution in [0.4, 0.5) is 0 Å². The molecule has 0 aliphatic carbocycles. The van der Waals surface area contributed by atoms with E-state index in [1.165, 1.54) is 32.2 Å². The van der Waals surface area contributed by atoms with Crippen molar-refractivity contribution < 1.29 is 0 Å². The minimum absolute atomic E-state index is 0.821. The van der Waals surface area contributed by atoms with Gasteiger partial charge in [0, 0.05) is 5.88 Å². The maximum Gasteiger partial charge on any atom is 0.0223 e. The Morgan fingerprint density at radius 2 is 1.60 bits per heavy atom. The number of alkyl halides is 1. The third kappa shape index (κ3) is 8.25. The van der Waals surface area contributed by atoms with Crippen LogP contribution in [0.1, 0.15) is 25.7 Å². The second-order valence-electron chi connectivity index (χ2n) is 2.91. The molecule has 0 aliphatic heterocycles. The van der Waals surface area contributed by atoms with Crippen LogP contribution < -0.4 is 0 Å². The van der Waals surface area contributed by atoms with Crippen molar-refractivity contribution in [1.29, 1.82) is 0 Å². The number of halogens is 1. The Bertz CT molecular complexity index is 64.3. The van der Waals surface area contributed by atoms with Crippen LogP contribution in [0.5, 0.6) is 0 Å². The monoisotopic (exact) mass is 163 g/mol. The smallest absolute Gasteiger partial charge is 0.0223 e. The third-order valence-electron chi connectivity index (χ3n) is 1.49. The molecule has 0 fully saturated rings. The van der Waals surface area contributed by atoms with Crippen molar-refractivity contribution >= 4 is 11.6 Å². The largest absolute Gasteiger partial charge is 0.309 e. The van der Waals surface area contributed by atoms with Crippen LogP contribution in [0.25, 0.3) is 0 Å². The summed E-state index contributed by atoms with van der Waals surface area (Å²) in [5.74, 6) is 0.821. The van der Waals surface area contributed by atoms with Crippen molar-refractivity contribution in [2.75, 3.05) is 26.5 Å². The summed E-state index contributed by atoms with van der Waals surface area (Å²) in [4.78, 5) is 2.22. The molecule has 2 heteroatoms. The molecule has 0 atom stereocenters. The molecule has 0 aromatic rings. The lowest BCUT2D eigenvalue weighted by Gasteiger charge is -2.07. The van der Waals surface area contributed by atoms with Crippen LogP contribution in [0.3, 0.4) is 0 Å². The first-order valence-corrected chi connectivity index (χ1v) is 4.51. The minimum Gasteiger partial charge on any atom is -0.309 e. The van der Waals surface area contributed by atoms with Crippen molar-refractivity contribution in [2.24, 2.45) is 0 Å². The van der Waals surface area contributed by atoms with Gasteiger partial charge in [-0.15, -0.1) is 11.6 Å². The second kappa shape index (κ2) is 7.36. The van der Waals surface area contributed by atoms with E-state index in [9.17, 15) is 0 Å². The summed E-state index contributed by atoms with van der Waals surface area (Å²) < 4.78 is 0. The Hall–Kier alpha value is 0.250. The van der Waals surface area contributed by atoms with Crippen molar-refractivity contribution in [2.45, 2.75) is 25.7 Å². The highest BCUT2D eigenvalue weighted by atomic mass is 35.5. The molecule has 0 unspecified atom stereocenters. The van der Waals surface area contributed by atoms with Gasteiger partial charge in [-0.05, 0) is 33.5 Å². The molecule has 0 saturated carbocycles. The molecule has 0 spiro atoms. The molecule has 0 N–H and O–H groups in total. The van der Waals surface area contributed by atoms with E-state index in [2.05, 4.69) is 19.0 Å². The van der Waals surface area contributed by atoms with Gasteiger partial charge in [0.1, 0.15) is 0 Å². The molecule has 0 aromatic heterocycles. The van der Waals surface area contributed by atoms with Crippen molar-refractivity contribution in [1.82, 2.24) is 4.90 Å². The molecule has 0 amide bonds. The molecular formula is C8H18ClN. The van der Waals surface area contributed by atoms with Gasteiger partial charge in [-0.25, -0.2) is 0 Å². The molecule has 10 heavy (non-hydrogen) atoms. The van der Waals surface area contributed by atoms with Gasteiger partial charge in [0.05, 0.1) is 0 Å². The second-order valence-corrected chi connectivity index (χ2v) is 3.28. The zero-order valence-electron chi connectivity index (χ0n) is 7.07. The van der Waals surface area contributed by atoms with Gasteiger partial charge < -0.3 is 4.90 Å². The van der Waals surface area contributed by atoms with Gasteiger partial charge in [0.15, 0.2) is 0 Å². The maximum absolute atomic E-state index is 5.53. The van der Waals surface area contributed by atoms with E-state index in [-0.39, 0.29) is 0 Å². The molecule has 0 heterocycles. The summed E-state index contributed by atoms with van der Waals surface area (Å²) in [5, 5.41) is 0. The highest BCUT2D eigenvalue weighted by molar-refractivity contribution is 6.17. The summed E-state index contributed by atoms with van der Waals surface area (Å²) in [5.41, 5.74) is 0. The van der Waals surface area contributed by atoms with Crippen molar-refractivity contribution in [3.63, 3.8) is 0 Å². The first-order valence-electron chi connectivity index (χ1n) is 3.98. The fraction of sp³-hybridized carbons (Fsp3) is 1.00. The van der Waals surface area contributed by atoms with Crippen LogP contribution in [0.2, 0.25) is 0 Å². The molecule has 0 radical (unpaired) electrons. The van der Waals surface area contributed by atoms with E-state index in [0.717, 1.165) is 5.88 Å². The van der Waals surface area contributed by atoms with Crippen LogP contribution >= 0.6 is 11.6 Å². The Morgan fingerprint density at radius 3 is 2.10 bits per heavy atom. The number of rotatable bonds is 6. The van der Waals surface area contributed by atoms with E-state index < -0.39 is 0 Å². The lowest BCUT2D eigenvalue weighted by Crippen LogP contribution is -2.12. The molecular weight excluding hydrogens is 146 g/mol. The zero-order valence-corrected chi connectivity index (χ0v) is 7.82. The summed E-state index contributed by atoms with van der Waals surface area (Å²) in [6.45, 7) is 1.21. The highest BCUT2D eigenvalue weighted by Gasteiger charge is 1.90. The van der Waals surface area contributed by atoms with Crippen LogP contribution in [0.15, 0.2) is 0 Å². The predicted octanol–water partition coefficient (Wildman–Crippen LogP) is 2.35. The van der Waals surface area contributed by atoms with E-state index in [1.807, 2.05) is 0 Å². The Balaban J connectivity index is 2.77. The first-order chi connectivity index (χ1) is 4.77. The summed E-state index contributed by atoms with van der Waals surface area (Å²) in [6, 6.07) is 0. The van der Waals surface area contributed by atoms with Gasteiger partial charge in [-0.2, -0.15) is 0 Å². The summed E-state index contributed by atoms with van der Waals surface area (Å²) >= 11 is 5.53. The van der Waals surface area contributed by atoms with Crippen LogP contribution in [-0.2, 0) is 0 Å². The number of hydrogen-bond acceptors (Lipinski definition) is 1. The van der Waals surface area contributed by atoms with E-state index in [4.69, 9.17) is 11.6 Å². The van der Waals surface area contributed by atoms with E-state index >= 15 is 0 Å². The van der Waals surface area contributed by atoms with E-state index in [1.54, 1.807) is 0 Å². The Morgan fingerprint density at radius 1 is 1.00 bits per heavy atom. The van der Waals surface area contributed by atoms with E-state index in [0.29, 0.717) is 0 Å². The molecule has 62 valence electrons.